The van der Waals surface area contributed by atoms with Crippen LogP contribution < -0.4 is 15.8 Å². The minimum absolute atomic E-state index is 0.0967. The summed E-state index contributed by atoms with van der Waals surface area (Å²) in [6.07, 6.45) is 0. The molecule has 1 amide bonds. The summed E-state index contributed by atoms with van der Waals surface area (Å²) in [4.78, 5) is 11.8. The Morgan fingerprint density at radius 3 is 2.65 bits per heavy atom. The average Bonchev–Trinajstić information content (AvgIpc) is 2.30. The highest BCUT2D eigenvalue weighted by atomic mass is 79.9. The molecule has 1 aromatic rings. The molecule has 0 bridgehead atoms. The Bertz CT molecular complexity index is 407. The lowest BCUT2D eigenvalue weighted by atomic mass is 10.0. The van der Waals surface area contributed by atoms with Crippen molar-refractivity contribution in [3.8, 4) is 5.75 Å². The number of ether oxygens (including phenoxy) is 1. The van der Waals surface area contributed by atoms with Gasteiger partial charge in [0.15, 0.2) is 0 Å². The van der Waals surface area contributed by atoms with Crippen molar-refractivity contribution in [1.29, 1.82) is 0 Å². The van der Waals surface area contributed by atoms with Gasteiger partial charge in [-0.3, -0.25) is 4.79 Å². The van der Waals surface area contributed by atoms with Gasteiger partial charge in [-0.05, 0) is 34.0 Å². The number of nitrogens with two attached hydrogens (primary N) is 1. The van der Waals surface area contributed by atoms with Gasteiger partial charge >= 0.3 is 0 Å². The van der Waals surface area contributed by atoms with E-state index < -0.39 is 6.04 Å². The minimum atomic E-state index is -0.520. The molecule has 0 aliphatic carbocycles. The van der Waals surface area contributed by atoms with E-state index in [1.807, 2.05) is 26.0 Å². The van der Waals surface area contributed by atoms with Gasteiger partial charge in [-0.25, -0.2) is 0 Å². The number of hydrogen-bond acceptors (Lipinski definition) is 3. The SMILES string of the molecule is COc1ccc(Br)c(NC(=O)C(N)C(C)C)c1. The third kappa shape index (κ3) is 3.71. The third-order valence-electron chi connectivity index (χ3n) is 2.45. The fraction of sp³-hybridized carbons (Fsp3) is 0.417. The van der Waals surface area contributed by atoms with E-state index in [1.165, 1.54) is 0 Å². The van der Waals surface area contributed by atoms with Crippen LogP contribution in [0, 0.1) is 5.92 Å². The molecular formula is C12H17BrN2O2. The summed E-state index contributed by atoms with van der Waals surface area (Å²) >= 11 is 3.36. The number of anilines is 1. The maximum atomic E-state index is 11.8. The zero-order valence-electron chi connectivity index (χ0n) is 10.2. The molecule has 0 aliphatic heterocycles. The molecule has 0 aromatic heterocycles. The van der Waals surface area contributed by atoms with Crippen LogP contribution in [0.15, 0.2) is 22.7 Å². The van der Waals surface area contributed by atoms with Crippen LogP contribution in [0.4, 0.5) is 5.69 Å². The molecular weight excluding hydrogens is 284 g/mol. The molecule has 3 N–H and O–H groups in total. The monoisotopic (exact) mass is 300 g/mol. The Labute approximate surface area is 110 Å². The highest BCUT2D eigenvalue weighted by Gasteiger charge is 2.18. The van der Waals surface area contributed by atoms with Crippen molar-refractivity contribution in [1.82, 2.24) is 0 Å². The Balaban J connectivity index is 2.84. The fourth-order valence-corrected chi connectivity index (χ4v) is 1.59. The molecule has 1 aromatic carbocycles. The van der Waals surface area contributed by atoms with Crippen molar-refractivity contribution in [2.24, 2.45) is 11.7 Å². The molecule has 0 heterocycles. The zero-order valence-corrected chi connectivity index (χ0v) is 11.7. The molecule has 0 saturated heterocycles. The number of benzene rings is 1. The quantitative estimate of drug-likeness (QED) is 0.897. The Morgan fingerprint density at radius 2 is 2.12 bits per heavy atom. The molecule has 94 valence electrons. The number of carbonyl (C=O) groups excluding carboxylic acids is 1. The van der Waals surface area contributed by atoms with Gasteiger partial charge in [0.25, 0.3) is 0 Å². The molecule has 1 rings (SSSR count). The van der Waals surface area contributed by atoms with Gasteiger partial charge in [-0.2, -0.15) is 0 Å². The van der Waals surface area contributed by atoms with E-state index in [0.717, 1.165) is 4.47 Å². The largest absolute Gasteiger partial charge is 0.497 e. The lowest BCUT2D eigenvalue weighted by molar-refractivity contribution is -0.118. The highest BCUT2D eigenvalue weighted by molar-refractivity contribution is 9.10. The van der Waals surface area contributed by atoms with Crippen LogP contribution in [0.1, 0.15) is 13.8 Å². The van der Waals surface area contributed by atoms with E-state index in [4.69, 9.17) is 10.5 Å². The second-order valence-corrected chi connectivity index (χ2v) is 4.96. The maximum Gasteiger partial charge on any atom is 0.241 e. The number of hydrogen-bond donors (Lipinski definition) is 2. The molecule has 0 radical (unpaired) electrons. The summed E-state index contributed by atoms with van der Waals surface area (Å²) in [6, 6.07) is 4.85. The highest BCUT2D eigenvalue weighted by Crippen LogP contribution is 2.27. The lowest BCUT2D eigenvalue weighted by Crippen LogP contribution is -2.39. The molecule has 1 atom stereocenters. The van der Waals surface area contributed by atoms with Crippen molar-refractivity contribution in [3.63, 3.8) is 0 Å². The van der Waals surface area contributed by atoms with E-state index in [2.05, 4.69) is 21.2 Å². The van der Waals surface area contributed by atoms with Gasteiger partial charge < -0.3 is 15.8 Å². The Hall–Kier alpha value is -1.07. The van der Waals surface area contributed by atoms with Crippen molar-refractivity contribution in [2.75, 3.05) is 12.4 Å². The predicted octanol–water partition coefficient (Wildman–Crippen LogP) is 2.38. The standard InChI is InChI=1S/C12H17BrN2O2/c1-7(2)11(14)12(16)15-10-6-8(17-3)4-5-9(10)13/h4-7,11H,14H2,1-3H3,(H,15,16). The minimum Gasteiger partial charge on any atom is -0.497 e. The van der Waals surface area contributed by atoms with Crippen LogP contribution in [0.2, 0.25) is 0 Å². The van der Waals surface area contributed by atoms with E-state index in [0.29, 0.717) is 11.4 Å². The summed E-state index contributed by atoms with van der Waals surface area (Å²) < 4.78 is 5.89. The molecule has 0 fully saturated rings. The topological polar surface area (TPSA) is 64.3 Å². The van der Waals surface area contributed by atoms with Gasteiger partial charge in [0.05, 0.1) is 18.8 Å². The molecule has 17 heavy (non-hydrogen) atoms. The Kier molecular flexibility index (Phi) is 4.96. The van der Waals surface area contributed by atoms with Crippen molar-refractivity contribution >= 4 is 27.5 Å². The van der Waals surface area contributed by atoms with Crippen molar-refractivity contribution in [2.45, 2.75) is 19.9 Å². The summed E-state index contributed by atoms with van der Waals surface area (Å²) in [5.41, 5.74) is 6.43. The van der Waals surface area contributed by atoms with E-state index >= 15 is 0 Å². The van der Waals surface area contributed by atoms with Gasteiger partial charge in [-0.1, -0.05) is 13.8 Å². The molecule has 4 nitrogen and oxygen atoms in total. The maximum absolute atomic E-state index is 11.8. The second-order valence-electron chi connectivity index (χ2n) is 4.10. The second kappa shape index (κ2) is 6.02. The van der Waals surface area contributed by atoms with E-state index in [-0.39, 0.29) is 11.8 Å². The van der Waals surface area contributed by atoms with Gasteiger partial charge in [0.1, 0.15) is 5.75 Å². The first kappa shape index (κ1) is 14.0. The summed E-state index contributed by atoms with van der Waals surface area (Å²) in [5, 5.41) is 2.78. The number of carbonyl (C=O) groups is 1. The first-order chi connectivity index (χ1) is 7.95. The third-order valence-corrected chi connectivity index (χ3v) is 3.14. The van der Waals surface area contributed by atoms with E-state index in [1.54, 1.807) is 13.2 Å². The van der Waals surface area contributed by atoms with Crippen LogP contribution in [-0.2, 0) is 4.79 Å². The van der Waals surface area contributed by atoms with Crippen LogP contribution >= 0.6 is 15.9 Å². The van der Waals surface area contributed by atoms with Gasteiger partial charge in [0.2, 0.25) is 5.91 Å². The average molecular weight is 301 g/mol. The summed E-state index contributed by atoms with van der Waals surface area (Å²) in [7, 11) is 1.58. The van der Waals surface area contributed by atoms with E-state index in [9.17, 15) is 4.79 Å². The summed E-state index contributed by atoms with van der Waals surface area (Å²) in [6.45, 7) is 3.82. The molecule has 0 saturated carbocycles. The number of halogens is 1. The molecule has 0 aliphatic rings. The Morgan fingerprint density at radius 1 is 1.47 bits per heavy atom. The molecule has 1 unspecified atom stereocenters. The van der Waals surface area contributed by atoms with Crippen LogP contribution in [0.3, 0.4) is 0 Å². The molecule has 0 spiro atoms. The normalized spacial score (nSPS) is 12.4. The van der Waals surface area contributed by atoms with Crippen LogP contribution in [0.25, 0.3) is 0 Å². The number of amides is 1. The number of rotatable bonds is 4. The summed E-state index contributed by atoms with van der Waals surface area (Å²) in [5.74, 6) is 0.579. The van der Waals surface area contributed by atoms with Crippen molar-refractivity contribution in [3.05, 3.63) is 22.7 Å². The molecule has 5 heteroatoms. The van der Waals surface area contributed by atoms with Crippen molar-refractivity contribution < 1.29 is 9.53 Å². The van der Waals surface area contributed by atoms with Crippen LogP contribution in [-0.4, -0.2) is 19.1 Å². The number of nitrogens with one attached hydrogen (secondary N) is 1. The first-order valence-corrected chi connectivity index (χ1v) is 6.15. The smallest absolute Gasteiger partial charge is 0.241 e. The van der Waals surface area contributed by atoms with Crippen LogP contribution in [0.5, 0.6) is 5.75 Å². The first-order valence-electron chi connectivity index (χ1n) is 5.35. The van der Waals surface area contributed by atoms with Gasteiger partial charge in [0, 0.05) is 10.5 Å². The fourth-order valence-electron chi connectivity index (χ4n) is 1.25. The lowest BCUT2D eigenvalue weighted by Gasteiger charge is -2.16. The number of methoxy groups -OCH3 is 1. The van der Waals surface area contributed by atoms with Gasteiger partial charge in [-0.15, -0.1) is 0 Å². The predicted molar refractivity (Wildman–Crippen MR) is 72.1 cm³/mol. The zero-order chi connectivity index (χ0) is 13.0.